The van der Waals surface area contributed by atoms with Gasteiger partial charge in [0.1, 0.15) is 17.1 Å². The van der Waals surface area contributed by atoms with Crippen molar-refractivity contribution in [3.63, 3.8) is 0 Å². The second kappa shape index (κ2) is 5.92. The quantitative estimate of drug-likeness (QED) is 0.592. The number of phenols is 2. The molecule has 21 heavy (non-hydrogen) atoms. The molecule has 2 aromatic rings. The van der Waals surface area contributed by atoms with Crippen LogP contribution in [-0.4, -0.2) is 27.1 Å². The zero-order chi connectivity index (χ0) is 15.4. The van der Waals surface area contributed by atoms with Crippen LogP contribution in [0, 0.1) is 0 Å². The van der Waals surface area contributed by atoms with Crippen LogP contribution in [0.1, 0.15) is 26.3 Å². The van der Waals surface area contributed by atoms with Crippen molar-refractivity contribution >= 4 is 17.8 Å². The van der Waals surface area contributed by atoms with Gasteiger partial charge >= 0.3 is 5.97 Å². The van der Waals surface area contributed by atoms with Crippen molar-refractivity contribution in [3.05, 3.63) is 65.2 Å². The van der Waals surface area contributed by atoms with Gasteiger partial charge in [-0.15, -0.1) is 0 Å². The minimum atomic E-state index is -1.38. The van der Waals surface area contributed by atoms with E-state index in [0.717, 1.165) is 17.7 Å². The summed E-state index contributed by atoms with van der Waals surface area (Å²) in [5, 5.41) is 28.0. The topological polar surface area (TPSA) is 94.8 Å². The number of allylic oxidation sites excluding steroid dienone is 1. The van der Waals surface area contributed by atoms with Gasteiger partial charge in [-0.2, -0.15) is 0 Å². The number of hydrogen-bond acceptors (Lipinski definition) is 4. The fraction of sp³-hybridized carbons (Fsp3) is 0. The number of carbonyl (C=O) groups excluding carboxylic acids is 1. The molecule has 0 saturated carbocycles. The van der Waals surface area contributed by atoms with Crippen LogP contribution < -0.4 is 0 Å². The number of rotatable bonds is 4. The predicted molar refractivity (Wildman–Crippen MR) is 76.5 cm³/mol. The molecule has 0 aliphatic heterocycles. The number of benzene rings is 2. The maximum absolute atomic E-state index is 12.0. The van der Waals surface area contributed by atoms with Gasteiger partial charge < -0.3 is 15.3 Å². The monoisotopic (exact) mass is 284 g/mol. The first kappa shape index (κ1) is 14.3. The van der Waals surface area contributed by atoms with Gasteiger partial charge in [-0.25, -0.2) is 4.79 Å². The molecule has 2 aromatic carbocycles. The first-order valence-corrected chi connectivity index (χ1v) is 6.06. The van der Waals surface area contributed by atoms with E-state index in [2.05, 4.69) is 0 Å². The molecule has 0 spiro atoms. The predicted octanol–water partition coefficient (Wildman–Crippen LogP) is 2.69. The van der Waals surface area contributed by atoms with Crippen molar-refractivity contribution in [1.29, 1.82) is 0 Å². The van der Waals surface area contributed by atoms with Crippen molar-refractivity contribution in [3.8, 4) is 11.5 Å². The lowest BCUT2D eigenvalue weighted by Gasteiger charge is -2.05. The molecule has 3 N–H and O–H groups in total. The number of carbonyl (C=O) groups is 2. The molecule has 0 heterocycles. The van der Waals surface area contributed by atoms with Crippen molar-refractivity contribution < 1.29 is 24.9 Å². The van der Waals surface area contributed by atoms with Crippen LogP contribution in [0.3, 0.4) is 0 Å². The van der Waals surface area contributed by atoms with E-state index in [4.69, 9.17) is 5.11 Å². The average molecular weight is 284 g/mol. The fourth-order valence-corrected chi connectivity index (χ4v) is 1.77. The number of aromatic hydroxyl groups is 2. The third kappa shape index (κ3) is 3.27. The summed E-state index contributed by atoms with van der Waals surface area (Å²) in [5.74, 6) is -3.00. The Kier molecular flexibility index (Phi) is 4.04. The summed E-state index contributed by atoms with van der Waals surface area (Å²) in [6, 6.07) is 10.8. The standard InChI is InChI=1S/C16H12O5/c17-13(7-6-10-4-2-1-3-5-10)11-8-12(16(20)21)15(19)9-14(11)18/h1-9,18-19H,(H,20,21)/b7-6+. The Morgan fingerprint density at radius 2 is 1.52 bits per heavy atom. The lowest BCUT2D eigenvalue weighted by Crippen LogP contribution is -2.02. The Hall–Kier alpha value is -3.08. The minimum Gasteiger partial charge on any atom is -0.507 e. The zero-order valence-electron chi connectivity index (χ0n) is 10.9. The van der Waals surface area contributed by atoms with Crippen molar-refractivity contribution in [2.45, 2.75) is 0 Å². The van der Waals surface area contributed by atoms with Gasteiger partial charge in [0.25, 0.3) is 0 Å². The second-order valence-corrected chi connectivity index (χ2v) is 4.30. The fourth-order valence-electron chi connectivity index (χ4n) is 1.77. The summed E-state index contributed by atoms with van der Waals surface area (Å²) >= 11 is 0. The number of carboxylic acid groups (broad SMARTS) is 1. The van der Waals surface area contributed by atoms with E-state index in [0.29, 0.717) is 0 Å². The largest absolute Gasteiger partial charge is 0.507 e. The summed E-state index contributed by atoms with van der Waals surface area (Å²) < 4.78 is 0. The van der Waals surface area contributed by atoms with E-state index in [1.54, 1.807) is 18.2 Å². The second-order valence-electron chi connectivity index (χ2n) is 4.30. The molecule has 0 aliphatic carbocycles. The molecule has 106 valence electrons. The third-order valence-corrected chi connectivity index (χ3v) is 2.84. The molecule has 5 heteroatoms. The molecule has 2 rings (SSSR count). The van der Waals surface area contributed by atoms with Crippen LogP contribution in [0.2, 0.25) is 0 Å². The highest BCUT2D eigenvalue weighted by Gasteiger charge is 2.17. The summed E-state index contributed by atoms with van der Waals surface area (Å²) in [5.41, 5.74) is 0.171. The summed E-state index contributed by atoms with van der Waals surface area (Å²) in [7, 11) is 0. The van der Waals surface area contributed by atoms with Gasteiger partial charge in [0, 0.05) is 6.07 Å². The normalized spacial score (nSPS) is 10.7. The number of carboxylic acids is 1. The van der Waals surface area contributed by atoms with Crippen molar-refractivity contribution in [2.24, 2.45) is 0 Å². The lowest BCUT2D eigenvalue weighted by molar-refractivity contribution is 0.0693. The molecule has 0 aliphatic rings. The van der Waals surface area contributed by atoms with E-state index in [9.17, 15) is 19.8 Å². The SMILES string of the molecule is O=C(O)c1cc(C(=O)/C=C/c2ccccc2)c(O)cc1O. The molecule has 5 nitrogen and oxygen atoms in total. The first-order valence-electron chi connectivity index (χ1n) is 6.06. The molecule has 0 radical (unpaired) electrons. The number of aromatic carboxylic acids is 1. The Bertz CT molecular complexity index is 717. The van der Waals surface area contributed by atoms with E-state index < -0.39 is 28.8 Å². The Morgan fingerprint density at radius 1 is 0.905 bits per heavy atom. The molecule has 0 unspecified atom stereocenters. The molecular weight excluding hydrogens is 272 g/mol. The van der Waals surface area contributed by atoms with Gasteiger partial charge in [0.15, 0.2) is 5.78 Å². The van der Waals surface area contributed by atoms with Gasteiger partial charge in [-0.1, -0.05) is 36.4 Å². The maximum atomic E-state index is 12.0. The number of phenolic OH excluding ortho intramolecular Hbond substituents is 1. The van der Waals surface area contributed by atoms with E-state index >= 15 is 0 Å². The van der Waals surface area contributed by atoms with Gasteiger partial charge in [0.2, 0.25) is 0 Å². The van der Waals surface area contributed by atoms with Gasteiger partial charge in [-0.3, -0.25) is 4.79 Å². The highest BCUT2D eigenvalue weighted by atomic mass is 16.4. The Balaban J connectivity index is 2.33. The van der Waals surface area contributed by atoms with Gasteiger partial charge in [0.05, 0.1) is 5.56 Å². The summed E-state index contributed by atoms with van der Waals surface area (Å²) in [4.78, 5) is 22.9. The third-order valence-electron chi connectivity index (χ3n) is 2.84. The van der Waals surface area contributed by atoms with E-state index in [1.807, 2.05) is 18.2 Å². The van der Waals surface area contributed by atoms with Crippen molar-refractivity contribution in [1.82, 2.24) is 0 Å². The van der Waals surface area contributed by atoms with E-state index in [-0.39, 0.29) is 5.56 Å². The molecule has 0 fully saturated rings. The molecular formula is C16H12O5. The highest BCUT2D eigenvalue weighted by molar-refractivity contribution is 6.10. The molecule has 0 aromatic heterocycles. The number of hydrogen-bond donors (Lipinski definition) is 3. The van der Waals surface area contributed by atoms with Crippen LogP contribution in [0.25, 0.3) is 6.08 Å². The van der Waals surface area contributed by atoms with Crippen molar-refractivity contribution in [2.75, 3.05) is 0 Å². The van der Waals surface area contributed by atoms with E-state index in [1.165, 1.54) is 6.08 Å². The number of ketones is 1. The first-order chi connectivity index (χ1) is 9.99. The summed E-state index contributed by atoms with van der Waals surface area (Å²) in [6.45, 7) is 0. The Labute approximate surface area is 120 Å². The zero-order valence-corrected chi connectivity index (χ0v) is 10.9. The molecule has 0 atom stereocenters. The molecule has 0 bridgehead atoms. The molecule has 0 amide bonds. The average Bonchev–Trinajstić information content (AvgIpc) is 2.45. The van der Waals surface area contributed by atoms with Gasteiger partial charge in [-0.05, 0) is 17.7 Å². The minimum absolute atomic E-state index is 0.183. The van der Waals surface area contributed by atoms with Crippen LogP contribution >= 0.6 is 0 Å². The highest BCUT2D eigenvalue weighted by Crippen LogP contribution is 2.28. The lowest BCUT2D eigenvalue weighted by atomic mass is 10.0. The molecule has 0 saturated heterocycles. The Morgan fingerprint density at radius 3 is 2.14 bits per heavy atom. The van der Waals surface area contributed by atoms with Crippen LogP contribution in [0.4, 0.5) is 0 Å². The van der Waals surface area contributed by atoms with Crippen LogP contribution in [0.5, 0.6) is 11.5 Å². The smallest absolute Gasteiger partial charge is 0.339 e. The van der Waals surface area contributed by atoms with Crippen LogP contribution in [0.15, 0.2) is 48.5 Å². The maximum Gasteiger partial charge on any atom is 0.339 e. The van der Waals surface area contributed by atoms with Crippen LogP contribution in [-0.2, 0) is 0 Å². The summed E-state index contributed by atoms with van der Waals surface area (Å²) in [6.07, 6.45) is 2.78.